The van der Waals surface area contributed by atoms with Crippen molar-refractivity contribution in [2.45, 2.75) is 19.8 Å². The summed E-state index contributed by atoms with van der Waals surface area (Å²) in [5.41, 5.74) is 2.59. The molecule has 1 fully saturated rings. The summed E-state index contributed by atoms with van der Waals surface area (Å²) in [5, 5.41) is 2.64. The van der Waals surface area contributed by atoms with Crippen molar-refractivity contribution in [3.63, 3.8) is 0 Å². The highest BCUT2D eigenvalue weighted by Crippen LogP contribution is 2.32. The third-order valence-electron chi connectivity index (χ3n) is 3.32. The van der Waals surface area contributed by atoms with E-state index in [2.05, 4.69) is 42.6 Å². The minimum atomic E-state index is -0.103. The van der Waals surface area contributed by atoms with E-state index in [1.165, 1.54) is 27.8 Å². The summed E-state index contributed by atoms with van der Waals surface area (Å²) in [6.07, 6.45) is 4.19. The Morgan fingerprint density at radius 3 is 2.59 bits per heavy atom. The molecule has 0 aliphatic carbocycles. The first-order valence-electron chi connectivity index (χ1n) is 7.09. The first kappa shape index (κ1) is 15.5. The molecule has 22 heavy (non-hydrogen) atoms. The van der Waals surface area contributed by atoms with E-state index in [-0.39, 0.29) is 5.91 Å². The number of hydrogen-bond acceptors (Lipinski definition) is 4. The fourth-order valence-corrected chi connectivity index (χ4v) is 4.33. The second-order valence-electron chi connectivity index (χ2n) is 5.00. The summed E-state index contributed by atoms with van der Waals surface area (Å²) in [5.74, 6) is -0.103. The number of thioether (sulfide) groups is 1. The number of thiophene rings is 1. The van der Waals surface area contributed by atoms with Crippen LogP contribution in [0.5, 0.6) is 0 Å². The van der Waals surface area contributed by atoms with E-state index in [9.17, 15) is 4.79 Å². The van der Waals surface area contributed by atoms with Crippen LogP contribution in [-0.4, -0.2) is 10.2 Å². The van der Waals surface area contributed by atoms with E-state index >= 15 is 0 Å². The predicted molar refractivity (Wildman–Crippen MR) is 100 cm³/mol. The van der Waals surface area contributed by atoms with Crippen molar-refractivity contribution in [2.24, 2.45) is 0 Å². The molecule has 0 radical (unpaired) electrons. The van der Waals surface area contributed by atoms with Gasteiger partial charge < -0.3 is 5.32 Å². The summed E-state index contributed by atoms with van der Waals surface area (Å²) >= 11 is 8.00. The van der Waals surface area contributed by atoms with Crippen LogP contribution in [-0.2, 0) is 11.2 Å². The van der Waals surface area contributed by atoms with Crippen LogP contribution >= 0.6 is 35.3 Å². The second-order valence-corrected chi connectivity index (χ2v) is 7.84. The van der Waals surface area contributed by atoms with Crippen molar-refractivity contribution in [1.29, 1.82) is 0 Å². The van der Waals surface area contributed by atoms with Gasteiger partial charge in [-0.05, 0) is 35.8 Å². The largest absolute Gasteiger partial charge is 0.307 e. The summed E-state index contributed by atoms with van der Waals surface area (Å²) in [6, 6.07) is 12.9. The lowest BCUT2D eigenvalue weighted by atomic mass is 10.1. The minimum Gasteiger partial charge on any atom is -0.307 e. The number of carbonyl (C=O) groups excluding carboxylic acids is 1. The highest BCUT2D eigenvalue weighted by Gasteiger charge is 2.22. The standard InChI is InChI=1S/C17H15NOS3/c1-2-3-11-4-6-12(7-5-11)14-9-8-13(21-14)10-15-16(19)18-17(20)22-15/h4-10H,2-3H2,1H3,(H,18,19,20). The molecular weight excluding hydrogens is 330 g/mol. The van der Waals surface area contributed by atoms with Crippen LogP contribution in [0.1, 0.15) is 23.8 Å². The maximum Gasteiger partial charge on any atom is 0.263 e. The summed E-state index contributed by atoms with van der Waals surface area (Å²) in [7, 11) is 0. The number of rotatable bonds is 4. The quantitative estimate of drug-likeness (QED) is 0.634. The molecule has 1 saturated heterocycles. The molecule has 3 rings (SSSR count). The second kappa shape index (κ2) is 6.77. The fourth-order valence-electron chi connectivity index (χ4n) is 2.26. The number of benzene rings is 1. The fraction of sp³-hybridized carbons (Fsp3) is 0.176. The number of nitrogens with one attached hydrogen (secondary N) is 1. The van der Waals surface area contributed by atoms with Gasteiger partial charge in [0, 0.05) is 9.75 Å². The van der Waals surface area contributed by atoms with Gasteiger partial charge in [0.2, 0.25) is 0 Å². The Morgan fingerprint density at radius 2 is 1.95 bits per heavy atom. The van der Waals surface area contributed by atoms with E-state index < -0.39 is 0 Å². The van der Waals surface area contributed by atoms with Crippen LogP contribution < -0.4 is 5.32 Å². The highest BCUT2D eigenvalue weighted by atomic mass is 32.2. The molecule has 0 spiro atoms. The Bertz CT molecular complexity index is 744. The molecule has 112 valence electrons. The molecule has 0 atom stereocenters. The van der Waals surface area contributed by atoms with E-state index in [0.29, 0.717) is 9.23 Å². The zero-order valence-electron chi connectivity index (χ0n) is 12.1. The van der Waals surface area contributed by atoms with Crippen LogP contribution in [0.2, 0.25) is 0 Å². The van der Waals surface area contributed by atoms with E-state index in [1.807, 2.05) is 12.1 Å². The average molecular weight is 346 g/mol. The van der Waals surface area contributed by atoms with Crippen LogP contribution in [0.3, 0.4) is 0 Å². The SMILES string of the molecule is CCCc1ccc(-c2ccc(C=C3SC(=S)NC3=O)s2)cc1. The minimum absolute atomic E-state index is 0.103. The summed E-state index contributed by atoms with van der Waals surface area (Å²) in [6.45, 7) is 2.19. The number of thiocarbonyl (C=S) groups is 1. The molecule has 1 aromatic heterocycles. The molecule has 1 aromatic carbocycles. The monoisotopic (exact) mass is 345 g/mol. The summed E-state index contributed by atoms with van der Waals surface area (Å²) < 4.78 is 0.527. The number of amides is 1. The van der Waals surface area contributed by atoms with E-state index in [0.717, 1.165) is 17.7 Å². The lowest BCUT2D eigenvalue weighted by Crippen LogP contribution is -2.17. The lowest BCUT2D eigenvalue weighted by Gasteiger charge is -2.01. The Labute approximate surface area is 143 Å². The molecule has 2 aromatic rings. The van der Waals surface area contributed by atoms with Gasteiger partial charge in [0.05, 0.1) is 4.91 Å². The van der Waals surface area contributed by atoms with Gasteiger partial charge in [0.25, 0.3) is 5.91 Å². The predicted octanol–water partition coefficient (Wildman–Crippen LogP) is 4.86. The van der Waals surface area contributed by atoms with Crippen molar-refractivity contribution >= 4 is 51.6 Å². The molecular formula is C17H15NOS3. The molecule has 5 heteroatoms. The molecule has 1 amide bonds. The van der Waals surface area contributed by atoms with Gasteiger partial charge in [-0.2, -0.15) is 0 Å². The first-order chi connectivity index (χ1) is 10.7. The van der Waals surface area contributed by atoms with Crippen molar-refractivity contribution in [2.75, 3.05) is 0 Å². The zero-order valence-corrected chi connectivity index (χ0v) is 14.5. The Kier molecular flexibility index (Phi) is 4.76. The van der Waals surface area contributed by atoms with Gasteiger partial charge in [-0.25, -0.2) is 0 Å². The molecule has 0 bridgehead atoms. The van der Waals surface area contributed by atoms with E-state index in [4.69, 9.17) is 12.2 Å². The lowest BCUT2D eigenvalue weighted by molar-refractivity contribution is -0.115. The Balaban J connectivity index is 1.80. The molecule has 1 aliphatic heterocycles. The molecule has 2 nitrogen and oxygen atoms in total. The van der Waals surface area contributed by atoms with Crippen LogP contribution in [0.25, 0.3) is 16.5 Å². The van der Waals surface area contributed by atoms with E-state index in [1.54, 1.807) is 11.3 Å². The van der Waals surface area contributed by atoms with Crippen LogP contribution in [0, 0.1) is 0 Å². The van der Waals surface area contributed by atoms with Crippen molar-refractivity contribution in [1.82, 2.24) is 5.32 Å². The summed E-state index contributed by atoms with van der Waals surface area (Å²) in [4.78, 5) is 14.6. The van der Waals surface area contributed by atoms with Crippen molar-refractivity contribution in [3.8, 4) is 10.4 Å². The molecule has 1 N–H and O–H groups in total. The maximum absolute atomic E-state index is 11.7. The molecule has 1 aliphatic rings. The highest BCUT2D eigenvalue weighted by molar-refractivity contribution is 8.26. The van der Waals surface area contributed by atoms with Crippen molar-refractivity contribution < 1.29 is 4.79 Å². The van der Waals surface area contributed by atoms with Crippen molar-refractivity contribution in [3.05, 3.63) is 51.7 Å². The first-order valence-corrected chi connectivity index (χ1v) is 9.14. The van der Waals surface area contributed by atoms with Gasteiger partial charge in [-0.15, -0.1) is 11.3 Å². The zero-order chi connectivity index (χ0) is 15.5. The number of hydrogen-bond donors (Lipinski definition) is 1. The topological polar surface area (TPSA) is 29.1 Å². The smallest absolute Gasteiger partial charge is 0.263 e. The van der Waals surface area contributed by atoms with Gasteiger partial charge in [-0.1, -0.05) is 61.6 Å². The van der Waals surface area contributed by atoms with Crippen LogP contribution in [0.15, 0.2) is 41.3 Å². The third-order valence-corrected chi connectivity index (χ3v) is 5.56. The molecule has 0 saturated carbocycles. The van der Waals surface area contributed by atoms with Gasteiger partial charge in [0.1, 0.15) is 4.32 Å². The third kappa shape index (κ3) is 3.48. The molecule has 2 heterocycles. The Morgan fingerprint density at radius 1 is 1.18 bits per heavy atom. The number of carbonyl (C=O) groups is 1. The van der Waals surface area contributed by atoms with Gasteiger partial charge >= 0.3 is 0 Å². The van der Waals surface area contributed by atoms with Crippen LogP contribution in [0.4, 0.5) is 0 Å². The van der Waals surface area contributed by atoms with Gasteiger partial charge in [-0.3, -0.25) is 4.79 Å². The Hall–Kier alpha value is -1.43. The molecule has 0 unspecified atom stereocenters. The number of aryl methyl sites for hydroxylation is 1. The average Bonchev–Trinajstić information content (AvgIpc) is 3.08. The maximum atomic E-state index is 11.7. The van der Waals surface area contributed by atoms with Gasteiger partial charge in [0.15, 0.2) is 0 Å². The normalized spacial score (nSPS) is 16.3.